The molecule has 1 saturated heterocycles. The standard InChI is InChI=1S/C8H18O2Si/c1-4-8(11(2)3)10-6-7-5-9-7/h7-8,11H,4-6H2,1-3H3. The zero-order valence-electron chi connectivity index (χ0n) is 7.67. The van der Waals surface area contributed by atoms with Crippen molar-refractivity contribution in [2.24, 2.45) is 0 Å². The second kappa shape index (κ2) is 4.23. The Labute approximate surface area is 70.5 Å². The Morgan fingerprint density at radius 3 is 2.64 bits per heavy atom. The van der Waals surface area contributed by atoms with Crippen molar-refractivity contribution in [2.75, 3.05) is 13.2 Å². The first-order valence-corrected chi connectivity index (χ1v) is 7.44. The lowest BCUT2D eigenvalue weighted by Gasteiger charge is -2.17. The van der Waals surface area contributed by atoms with Crippen LogP contribution in [0.4, 0.5) is 0 Å². The molecule has 0 saturated carbocycles. The Morgan fingerprint density at radius 1 is 1.64 bits per heavy atom. The normalized spacial score (nSPS) is 25.6. The third-order valence-corrected chi connectivity index (χ3v) is 4.20. The Kier molecular flexibility index (Phi) is 3.55. The summed E-state index contributed by atoms with van der Waals surface area (Å²) in [6, 6.07) is 0. The highest BCUT2D eigenvalue weighted by Crippen LogP contribution is 2.12. The Balaban J connectivity index is 2.08. The van der Waals surface area contributed by atoms with E-state index in [4.69, 9.17) is 9.47 Å². The lowest BCUT2D eigenvalue weighted by molar-refractivity contribution is 0.0857. The Morgan fingerprint density at radius 2 is 2.27 bits per heavy atom. The Bertz CT molecular complexity index is 113. The van der Waals surface area contributed by atoms with Gasteiger partial charge in [-0.25, -0.2) is 0 Å². The average Bonchev–Trinajstić information content (AvgIpc) is 2.72. The summed E-state index contributed by atoms with van der Waals surface area (Å²) in [6.07, 6.45) is 1.59. The average molecular weight is 174 g/mol. The smallest absolute Gasteiger partial charge is 0.104 e. The van der Waals surface area contributed by atoms with E-state index >= 15 is 0 Å². The van der Waals surface area contributed by atoms with Gasteiger partial charge in [0.15, 0.2) is 0 Å². The summed E-state index contributed by atoms with van der Waals surface area (Å²) < 4.78 is 10.8. The molecule has 0 aliphatic carbocycles. The summed E-state index contributed by atoms with van der Waals surface area (Å²) >= 11 is 0. The van der Waals surface area contributed by atoms with E-state index in [9.17, 15) is 0 Å². The lowest BCUT2D eigenvalue weighted by Crippen LogP contribution is -2.28. The molecule has 2 atom stereocenters. The number of hydrogen-bond donors (Lipinski definition) is 0. The summed E-state index contributed by atoms with van der Waals surface area (Å²) in [5.74, 6) is 0. The van der Waals surface area contributed by atoms with Gasteiger partial charge >= 0.3 is 0 Å². The molecular weight excluding hydrogens is 156 g/mol. The zero-order chi connectivity index (χ0) is 8.27. The van der Waals surface area contributed by atoms with Gasteiger partial charge in [0, 0.05) is 5.73 Å². The van der Waals surface area contributed by atoms with Crippen molar-refractivity contribution >= 4 is 8.80 Å². The van der Waals surface area contributed by atoms with Gasteiger partial charge < -0.3 is 9.47 Å². The fourth-order valence-electron chi connectivity index (χ4n) is 1.18. The summed E-state index contributed by atoms with van der Waals surface area (Å²) in [5.41, 5.74) is 0.555. The molecule has 1 rings (SSSR count). The summed E-state index contributed by atoms with van der Waals surface area (Å²) in [7, 11) is -0.594. The highest BCUT2D eigenvalue weighted by atomic mass is 28.3. The molecule has 0 radical (unpaired) electrons. The molecule has 66 valence electrons. The first-order chi connectivity index (χ1) is 5.24. The minimum absolute atomic E-state index is 0.428. The second-order valence-corrected chi connectivity index (χ2v) is 6.71. The van der Waals surface area contributed by atoms with E-state index in [0.29, 0.717) is 11.8 Å². The highest BCUT2D eigenvalue weighted by Gasteiger charge is 2.24. The molecule has 0 N–H and O–H groups in total. The molecule has 2 nitrogen and oxygen atoms in total. The van der Waals surface area contributed by atoms with E-state index in [0.717, 1.165) is 19.6 Å². The second-order valence-electron chi connectivity index (χ2n) is 3.48. The predicted molar refractivity (Wildman–Crippen MR) is 48.6 cm³/mol. The van der Waals surface area contributed by atoms with Gasteiger partial charge in [0.2, 0.25) is 0 Å². The van der Waals surface area contributed by atoms with Crippen molar-refractivity contribution < 1.29 is 9.47 Å². The van der Waals surface area contributed by atoms with Crippen LogP contribution in [-0.2, 0) is 9.47 Å². The van der Waals surface area contributed by atoms with Gasteiger partial charge in [-0.3, -0.25) is 0 Å². The molecule has 1 aliphatic heterocycles. The number of ether oxygens (including phenoxy) is 2. The third kappa shape index (κ3) is 3.36. The van der Waals surface area contributed by atoms with Crippen molar-refractivity contribution in [3.05, 3.63) is 0 Å². The van der Waals surface area contributed by atoms with Crippen molar-refractivity contribution in [3.8, 4) is 0 Å². The molecule has 0 bridgehead atoms. The van der Waals surface area contributed by atoms with Crippen LogP contribution in [0.25, 0.3) is 0 Å². The van der Waals surface area contributed by atoms with Gasteiger partial charge in [-0.15, -0.1) is 0 Å². The van der Waals surface area contributed by atoms with E-state index in [2.05, 4.69) is 20.0 Å². The zero-order valence-corrected chi connectivity index (χ0v) is 8.82. The SMILES string of the molecule is CCC(OCC1CO1)[SiH](C)C. The summed E-state index contributed by atoms with van der Waals surface area (Å²) in [4.78, 5) is 0. The van der Waals surface area contributed by atoms with Gasteiger partial charge in [-0.2, -0.15) is 0 Å². The maximum Gasteiger partial charge on any atom is 0.104 e. The molecule has 11 heavy (non-hydrogen) atoms. The van der Waals surface area contributed by atoms with E-state index in [1.165, 1.54) is 0 Å². The van der Waals surface area contributed by atoms with Crippen molar-refractivity contribution in [3.63, 3.8) is 0 Å². The maximum absolute atomic E-state index is 5.71. The summed E-state index contributed by atoms with van der Waals surface area (Å²) in [6.45, 7) is 8.61. The molecule has 0 aromatic rings. The van der Waals surface area contributed by atoms with E-state index in [1.54, 1.807) is 0 Å². The molecule has 0 amide bonds. The number of rotatable bonds is 5. The first kappa shape index (κ1) is 9.23. The molecule has 1 heterocycles. The van der Waals surface area contributed by atoms with Gasteiger partial charge in [-0.1, -0.05) is 20.0 Å². The van der Waals surface area contributed by atoms with Crippen LogP contribution in [-0.4, -0.2) is 33.8 Å². The molecule has 3 heteroatoms. The van der Waals surface area contributed by atoms with Crippen molar-refractivity contribution in [2.45, 2.75) is 38.3 Å². The highest BCUT2D eigenvalue weighted by molar-refractivity contribution is 6.57. The fourth-order valence-corrected chi connectivity index (χ4v) is 2.62. The van der Waals surface area contributed by atoms with Crippen molar-refractivity contribution in [1.82, 2.24) is 0 Å². The predicted octanol–water partition coefficient (Wildman–Crippen LogP) is 1.21. The molecule has 0 aromatic heterocycles. The van der Waals surface area contributed by atoms with Crippen LogP contribution < -0.4 is 0 Å². The van der Waals surface area contributed by atoms with Crippen molar-refractivity contribution in [1.29, 1.82) is 0 Å². The molecule has 1 aliphatic rings. The molecule has 0 spiro atoms. The van der Waals surface area contributed by atoms with Crippen LogP contribution in [0.5, 0.6) is 0 Å². The minimum Gasteiger partial charge on any atom is -0.379 e. The van der Waals surface area contributed by atoms with Crippen LogP contribution >= 0.6 is 0 Å². The number of epoxide rings is 1. The topological polar surface area (TPSA) is 21.8 Å². The fraction of sp³-hybridized carbons (Fsp3) is 1.00. The molecular formula is C8H18O2Si. The van der Waals surface area contributed by atoms with Gasteiger partial charge in [0.05, 0.1) is 22.0 Å². The summed E-state index contributed by atoms with van der Waals surface area (Å²) in [5, 5.41) is 0. The third-order valence-electron chi connectivity index (χ3n) is 2.04. The number of hydrogen-bond acceptors (Lipinski definition) is 2. The first-order valence-electron chi connectivity index (χ1n) is 4.47. The van der Waals surface area contributed by atoms with E-state index in [-0.39, 0.29) is 0 Å². The van der Waals surface area contributed by atoms with E-state index < -0.39 is 8.80 Å². The lowest BCUT2D eigenvalue weighted by atomic mass is 10.5. The molecule has 2 unspecified atom stereocenters. The molecule has 0 aromatic carbocycles. The monoisotopic (exact) mass is 174 g/mol. The van der Waals surface area contributed by atoms with Crippen LogP contribution in [0.1, 0.15) is 13.3 Å². The van der Waals surface area contributed by atoms with Crippen LogP contribution in [0.3, 0.4) is 0 Å². The van der Waals surface area contributed by atoms with Crippen LogP contribution in [0.15, 0.2) is 0 Å². The van der Waals surface area contributed by atoms with E-state index in [1.807, 2.05) is 0 Å². The minimum atomic E-state index is -0.594. The van der Waals surface area contributed by atoms with Crippen LogP contribution in [0, 0.1) is 0 Å². The molecule has 1 fully saturated rings. The quantitative estimate of drug-likeness (QED) is 0.461. The maximum atomic E-state index is 5.71. The Hall–Kier alpha value is 0.137. The van der Waals surface area contributed by atoms with Crippen LogP contribution in [0.2, 0.25) is 13.1 Å². The largest absolute Gasteiger partial charge is 0.379 e. The van der Waals surface area contributed by atoms with Gasteiger partial charge in [-0.05, 0) is 6.42 Å². The van der Waals surface area contributed by atoms with Gasteiger partial charge in [0.1, 0.15) is 6.10 Å². The van der Waals surface area contributed by atoms with Gasteiger partial charge in [0.25, 0.3) is 0 Å².